The van der Waals surface area contributed by atoms with Gasteiger partial charge in [0.1, 0.15) is 0 Å². The van der Waals surface area contributed by atoms with E-state index in [9.17, 15) is 8.78 Å². The normalized spacial score (nSPS) is 25.9. The van der Waals surface area contributed by atoms with Gasteiger partial charge in [-0.2, -0.15) is 4.39 Å². The van der Waals surface area contributed by atoms with Gasteiger partial charge in [-0.3, -0.25) is 0 Å². The van der Waals surface area contributed by atoms with Crippen LogP contribution in [-0.2, 0) is 6.42 Å². The number of aryl methyl sites for hydroxylation is 1. The number of benzene rings is 2. The molecule has 0 bridgehead atoms. The van der Waals surface area contributed by atoms with Crippen molar-refractivity contribution in [3.8, 4) is 5.75 Å². The Morgan fingerprint density at radius 1 is 0.788 bits per heavy atom. The van der Waals surface area contributed by atoms with Crippen molar-refractivity contribution >= 4 is 0 Å². The number of rotatable bonds is 7. The summed E-state index contributed by atoms with van der Waals surface area (Å²) in [5.41, 5.74) is 3.48. The molecular formula is C30H38F2O. The molecule has 0 heterocycles. The number of hydrogen-bond donors (Lipinski definition) is 0. The highest BCUT2D eigenvalue weighted by Crippen LogP contribution is 2.46. The topological polar surface area (TPSA) is 9.23 Å². The molecule has 0 radical (unpaired) electrons. The van der Waals surface area contributed by atoms with E-state index in [1.54, 1.807) is 25.1 Å². The Hall–Kier alpha value is -2.16. The summed E-state index contributed by atoms with van der Waals surface area (Å²) in [6.07, 6.45) is 14.7. The second kappa shape index (κ2) is 11.3. The quantitative estimate of drug-likeness (QED) is 0.381. The van der Waals surface area contributed by atoms with Crippen molar-refractivity contribution in [2.45, 2.75) is 89.9 Å². The molecule has 3 heteroatoms. The molecule has 0 saturated heterocycles. The van der Waals surface area contributed by atoms with Crippen LogP contribution in [0, 0.1) is 23.5 Å². The fraction of sp³-hybridized carbons (Fsp3) is 0.533. The van der Waals surface area contributed by atoms with Gasteiger partial charge in [0.2, 0.25) is 5.82 Å². The maximum Gasteiger partial charge on any atom is 0.201 e. The Bertz CT molecular complexity index is 917. The van der Waals surface area contributed by atoms with Crippen molar-refractivity contribution in [3.63, 3.8) is 0 Å². The minimum Gasteiger partial charge on any atom is -0.462 e. The fourth-order valence-electron chi connectivity index (χ4n) is 6.17. The first kappa shape index (κ1) is 24.0. The zero-order valence-electron chi connectivity index (χ0n) is 20.2. The van der Waals surface area contributed by atoms with Crippen molar-refractivity contribution in [3.05, 3.63) is 77.1 Å². The zero-order chi connectivity index (χ0) is 23.2. The monoisotopic (exact) mass is 452 g/mol. The Labute approximate surface area is 198 Å². The first-order valence-corrected chi connectivity index (χ1v) is 12.9. The Balaban J connectivity index is 1.29. The van der Waals surface area contributed by atoms with Gasteiger partial charge in [-0.25, -0.2) is 4.39 Å². The number of allylic oxidation sites excluding steroid dienone is 1. The van der Waals surface area contributed by atoms with Crippen LogP contribution in [0.15, 0.2) is 48.7 Å². The summed E-state index contributed by atoms with van der Waals surface area (Å²) in [5, 5.41) is 0. The van der Waals surface area contributed by atoms with Crippen LogP contribution >= 0.6 is 0 Å². The number of hydrogen-bond acceptors (Lipinski definition) is 1. The Morgan fingerprint density at radius 3 is 1.97 bits per heavy atom. The lowest BCUT2D eigenvalue weighted by Crippen LogP contribution is -2.25. The van der Waals surface area contributed by atoms with Crippen molar-refractivity contribution in [1.82, 2.24) is 0 Å². The average Bonchev–Trinajstić information content (AvgIpc) is 2.86. The molecule has 0 aliphatic heterocycles. The number of halogens is 2. The summed E-state index contributed by atoms with van der Waals surface area (Å²) in [6, 6.07) is 12.6. The average molecular weight is 453 g/mol. The molecule has 0 N–H and O–H groups in total. The van der Waals surface area contributed by atoms with Crippen LogP contribution in [0.25, 0.3) is 0 Å². The van der Waals surface area contributed by atoms with E-state index in [0.29, 0.717) is 11.5 Å². The van der Waals surface area contributed by atoms with Crippen LogP contribution in [0.3, 0.4) is 0 Å². The summed E-state index contributed by atoms with van der Waals surface area (Å²) in [4.78, 5) is 0. The highest BCUT2D eigenvalue weighted by atomic mass is 19.2. The van der Waals surface area contributed by atoms with E-state index in [1.165, 1.54) is 55.9 Å². The third-order valence-electron chi connectivity index (χ3n) is 8.05. The second-order valence-electron chi connectivity index (χ2n) is 10.1. The van der Waals surface area contributed by atoms with Crippen LogP contribution < -0.4 is 4.74 Å². The molecule has 0 atom stereocenters. The molecule has 178 valence electrons. The third-order valence-corrected chi connectivity index (χ3v) is 8.05. The molecule has 0 spiro atoms. The van der Waals surface area contributed by atoms with Crippen LogP contribution in [0.2, 0.25) is 0 Å². The summed E-state index contributed by atoms with van der Waals surface area (Å²) in [6.45, 7) is 4.01. The van der Waals surface area contributed by atoms with Gasteiger partial charge in [-0.15, -0.1) is 0 Å². The van der Waals surface area contributed by atoms with Crippen LogP contribution in [0.4, 0.5) is 8.78 Å². The minimum absolute atomic E-state index is 0.0419. The van der Waals surface area contributed by atoms with Crippen LogP contribution in [0.5, 0.6) is 5.75 Å². The van der Waals surface area contributed by atoms with Crippen LogP contribution in [-0.4, -0.2) is 0 Å². The molecule has 0 aromatic heterocycles. The van der Waals surface area contributed by atoms with E-state index < -0.39 is 11.6 Å². The van der Waals surface area contributed by atoms with Gasteiger partial charge in [-0.1, -0.05) is 49.8 Å². The summed E-state index contributed by atoms with van der Waals surface area (Å²) in [7, 11) is 0. The molecule has 1 nitrogen and oxygen atoms in total. The van der Waals surface area contributed by atoms with Crippen molar-refractivity contribution < 1.29 is 13.5 Å². The SMILES string of the molecule is C/C=C/Oc1ccc(C2CCC(C3CCC(c4ccc(CCC)cc4)CC3)CC2)c(F)c1F. The summed E-state index contributed by atoms with van der Waals surface area (Å²) in [5.74, 6) is 0.705. The minimum atomic E-state index is -0.867. The Kier molecular flexibility index (Phi) is 8.22. The maximum atomic E-state index is 14.7. The molecule has 2 aromatic carbocycles. The van der Waals surface area contributed by atoms with Gasteiger partial charge < -0.3 is 4.74 Å². The van der Waals surface area contributed by atoms with Gasteiger partial charge in [0.25, 0.3) is 0 Å². The van der Waals surface area contributed by atoms with E-state index in [2.05, 4.69) is 31.2 Å². The molecule has 2 aliphatic rings. The van der Waals surface area contributed by atoms with Gasteiger partial charge in [-0.05, 0) is 111 Å². The van der Waals surface area contributed by atoms with E-state index in [-0.39, 0.29) is 11.7 Å². The lowest BCUT2D eigenvalue weighted by atomic mass is 9.67. The van der Waals surface area contributed by atoms with Gasteiger partial charge >= 0.3 is 0 Å². The van der Waals surface area contributed by atoms with Crippen LogP contribution in [0.1, 0.15) is 100 Å². The van der Waals surface area contributed by atoms with Gasteiger partial charge in [0.05, 0.1) is 6.26 Å². The zero-order valence-corrected chi connectivity index (χ0v) is 20.2. The standard InChI is InChI=1S/C30H38F2O/c1-3-5-21-6-8-22(9-7-21)23-10-12-24(13-11-23)25-14-16-26(17-15-25)27-18-19-28(33-20-4-2)30(32)29(27)31/h4,6-9,18-20,23-26H,3,5,10-17H2,1-2H3/b20-4+. The number of ether oxygens (including phenoxy) is 1. The molecule has 0 amide bonds. The van der Waals surface area contributed by atoms with Crippen molar-refractivity contribution in [2.24, 2.45) is 11.8 Å². The second-order valence-corrected chi connectivity index (χ2v) is 10.1. The molecule has 2 saturated carbocycles. The molecular weight excluding hydrogens is 414 g/mol. The molecule has 2 fully saturated rings. The summed E-state index contributed by atoms with van der Waals surface area (Å²) < 4.78 is 34.3. The van der Waals surface area contributed by atoms with Crippen molar-refractivity contribution in [2.75, 3.05) is 0 Å². The van der Waals surface area contributed by atoms with E-state index >= 15 is 0 Å². The highest BCUT2D eigenvalue weighted by molar-refractivity contribution is 5.34. The lowest BCUT2D eigenvalue weighted by molar-refractivity contribution is 0.176. The molecule has 33 heavy (non-hydrogen) atoms. The lowest BCUT2D eigenvalue weighted by Gasteiger charge is -2.38. The maximum absolute atomic E-state index is 14.7. The predicted molar refractivity (Wildman–Crippen MR) is 132 cm³/mol. The predicted octanol–water partition coefficient (Wildman–Crippen LogP) is 9.08. The Morgan fingerprint density at radius 2 is 1.39 bits per heavy atom. The van der Waals surface area contributed by atoms with E-state index in [4.69, 9.17) is 4.74 Å². The molecule has 0 unspecified atom stereocenters. The first-order valence-electron chi connectivity index (χ1n) is 12.9. The molecule has 4 rings (SSSR count). The largest absolute Gasteiger partial charge is 0.462 e. The smallest absolute Gasteiger partial charge is 0.201 e. The van der Waals surface area contributed by atoms with E-state index in [1.807, 2.05) is 0 Å². The van der Waals surface area contributed by atoms with Gasteiger partial charge in [0, 0.05) is 0 Å². The third kappa shape index (κ3) is 5.67. The summed E-state index contributed by atoms with van der Waals surface area (Å²) >= 11 is 0. The fourth-order valence-corrected chi connectivity index (χ4v) is 6.17. The van der Waals surface area contributed by atoms with Crippen molar-refractivity contribution in [1.29, 1.82) is 0 Å². The molecule has 2 aromatic rings. The highest BCUT2D eigenvalue weighted by Gasteiger charge is 2.33. The van der Waals surface area contributed by atoms with Gasteiger partial charge in [0.15, 0.2) is 11.6 Å². The van der Waals surface area contributed by atoms with E-state index in [0.717, 1.165) is 37.5 Å². The first-order chi connectivity index (χ1) is 16.1. The molecule has 2 aliphatic carbocycles.